The number of rotatable bonds is 5. The molecule has 1 aromatic heterocycles. The molecule has 2 heterocycles. The van der Waals surface area contributed by atoms with E-state index in [1.807, 2.05) is 13.0 Å². The summed E-state index contributed by atoms with van der Waals surface area (Å²) in [7, 11) is 0. The molecule has 1 aliphatic heterocycles. The summed E-state index contributed by atoms with van der Waals surface area (Å²) in [5, 5.41) is 14.2. The maximum atomic E-state index is 11.7. The van der Waals surface area contributed by atoms with Gasteiger partial charge in [-0.3, -0.25) is 4.79 Å². The van der Waals surface area contributed by atoms with Crippen molar-refractivity contribution < 1.29 is 14.3 Å². The van der Waals surface area contributed by atoms with Gasteiger partial charge in [-0.2, -0.15) is 0 Å². The maximum absolute atomic E-state index is 11.7. The topological polar surface area (TPSA) is 96.5 Å². The standard InChI is InChI=1S/C16H23N5O3/c1-2-24-16(23)21-9-7-12(8-10-21)17-13-5-6-14(20-19-13)18-15(22)11-3-4-11/h5-6,11-12H,2-4,7-10H2,1H3,(H,17,19)(H,18,20,22). The van der Waals surface area contributed by atoms with E-state index in [2.05, 4.69) is 20.8 Å². The average molecular weight is 333 g/mol. The van der Waals surface area contributed by atoms with Crippen molar-refractivity contribution >= 4 is 23.6 Å². The molecular weight excluding hydrogens is 310 g/mol. The number of piperidine rings is 1. The van der Waals surface area contributed by atoms with Crippen LogP contribution in [0.4, 0.5) is 16.4 Å². The summed E-state index contributed by atoms with van der Waals surface area (Å²) in [6, 6.07) is 3.81. The lowest BCUT2D eigenvalue weighted by atomic mass is 10.1. The third kappa shape index (κ3) is 4.33. The lowest BCUT2D eigenvalue weighted by Gasteiger charge is -2.31. The smallest absolute Gasteiger partial charge is 0.409 e. The third-order valence-corrected chi connectivity index (χ3v) is 4.24. The Labute approximate surface area is 141 Å². The molecule has 0 spiro atoms. The zero-order valence-electron chi connectivity index (χ0n) is 13.8. The van der Waals surface area contributed by atoms with Crippen LogP contribution in [0, 0.1) is 5.92 Å². The number of aromatic nitrogens is 2. The number of amides is 2. The van der Waals surface area contributed by atoms with Gasteiger partial charge in [0.05, 0.1) is 6.61 Å². The van der Waals surface area contributed by atoms with E-state index in [-0.39, 0.29) is 24.0 Å². The number of nitrogens with one attached hydrogen (secondary N) is 2. The van der Waals surface area contributed by atoms with Crippen LogP contribution < -0.4 is 10.6 Å². The van der Waals surface area contributed by atoms with E-state index in [1.165, 1.54) is 0 Å². The summed E-state index contributed by atoms with van der Waals surface area (Å²) in [6.07, 6.45) is 3.35. The fourth-order valence-electron chi connectivity index (χ4n) is 2.68. The molecule has 2 fully saturated rings. The van der Waals surface area contributed by atoms with Crippen LogP contribution in [0.5, 0.6) is 0 Å². The van der Waals surface area contributed by atoms with Crippen molar-refractivity contribution in [2.45, 2.75) is 38.6 Å². The van der Waals surface area contributed by atoms with E-state index in [9.17, 15) is 9.59 Å². The fourth-order valence-corrected chi connectivity index (χ4v) is 2.68. The highest BCUT2D eigenvalue weighted by Crippen LogP contribution is 2.29. The largest absolute Gasteiger partial charge is 0.450 e. The van der Waals surface area contributed by atoms with Crippen molar-refractivity contribution in [3.05, 3.63) is 12.1 Å². The molecule has 0 aromatic carbocycles. The quantitative estimate of drug-likeness (QED) is 0.854. The van der Waals surface area contributed by atoms with Crippen molar-refractivity contribution in [1.82, 2.24) is 15.1 Å². The second-order valence-electron chi connectivity index (χ2n) is 6.17. The minimum absolute atomic E-state index is 0.0244. The Morgan fingerprint density at radius 2 is 1.83 bits per heavy atom. The van der Waals surface area contributed by atoms with E-state index in [0.29, 0.717) is 31.3 Å². The summed E-state index contributed by atoms with van der Waals surface area (Å²) in [5.41, 5.74) is 0. The van der Waals surface area contributed by atoms with Gasteiger partial charge in [-0.25, -0.2) is 4.79 Å². The Morgan fingerprint density at radius 1 is 1.17 bits per heavy atom. The molecule has 8 nitrogen and oxygen atoms in total. The second kappa shape index (κ2) is 7.46. The average Bonchev–Trinajstić information content (AvgIpc) is 3.42. The maximum Gasteiger partial charge on any atom is 0.409 e. The molecule has 0 radical (unpaired) electrons. The first-order chi connectivity index (χ1) is 11.7. The summed E-state index contributed by atoms with van der Waals surface area (Å²) < 4.78 is 5.01. The molecule has 0 bridgehead atoms. The zero-order valence-corrected chi connectivity index (χ0v) is 13.8. The molecule has 0 unspecified atom stereocenters. The normalized spacial score (nSPS) is 18.1. The number of ether oxygens (including phenoxy) is 1. The van der Waals surface area contributed by atoms with Crippen LogP contribution in [-0.4, -0.2) is 52.8 Å². The molecule has 1 saturated carbocycles. The van der Waals surface area contributed by atoms with Gasteiger partial charge >= 0.3 is 6.09 Å². The van der Waals surface area contributed by atoms with E-state index < -0.39 is 0 Å². The van der Waals surface area contributed by atoms with Crippen LogP contribution in [0.15, 0.2) is 12.1 Å². The molecule has 24 heavy (non-hydrogen) atoms. The Bertz CT molecular complexity index is 580. The first kappa shape index (κ1) is 16.5. The van der Waals surface area contributed by atoms with Crippen LogP contribution in [0.2, 0.25) is 0 Å². The van der Waals surface area contributed by atoms with Crippen LogP contribution in [0.3, 0.4) is 0 Å². The van der Waals surface area contributed by atoms with Gasteiger partial charge in [0.15, 0.2) is 5.82 Å². The molecule has 3 rings (SSSR count). The molecule has 0 atom stereocenters. The van der Waals surface area contributed by atoms with Gasteiger partial charge in [0.2, 0.25) is 5.91 Å². The molecule has 2 aliphatic rings. The summed E-state index contributed by atoms with van der Waals surface area (Å²) in [5.74, 6) is 1.33. The first-order valence-electron chi connectivity index (χ1n) is 8.48. The number of anilines is 2. The van der Waals surface area contributed by atoms with E-state index in [4.69, 9.17) is 4.74 Å². The van der Waals surface area contributed by atoms with Crippen LogP contribution in [0.1, 0.15) is 32.6 Å². The van der Waals surface area contributed by atoms with Crippen molar-refractivity contribution in [1.29, 1.82) is 0 Å². The zero-order chi connectivity index (χ0) is 16.9. The van der Waals surface area contributed by atoms with Crippen LogP contribution in [-0.2, 0) is 9.53 Å². The highest BCUT2D eigenvalue weighted by Gasteiger charge is 2.30. The Hall–Kier alpha value is -2.38. The predicted octanol–water partition coefficient (Wildman–Crippen LogP) is 1.86. The molecular formula is C16H23N5O3. The number of carbonyl (C=O) groups is 2. The summed E-state index contributed by atoms with van der Waals surface area (Å²) in [4.78, 5) is 25.1. The minimum atomic E-state index is -0.244. The van der Waals surface area contributed by atoms with Crippen molar-refractivity contribution in [2.24, 2.45) is 5.92 Å². The van der Waals surface area contributed by atoms with Crippen LogP contribution in [0.25, 0.3) is 0 Å². The van der Waals surface area contributed by atoms with Gasteiger partial charge in [-0.1, -0.05) is 0 Å². The molecule has 8 heteroatoms. The van der Waals surface area contributed by atoms with Crippen molar-refractivity contribution in [3.8, 4) is 0 Å². The lowest BCUT2D eigenvalue weighted by Crippen LogP contribution is -2.42. The highest BCUT2D eigenvalue weighted by molar-refractivity contribution is 5.93. The number of nitrogens with zero attached hydrogens (tertiary/aromatic N) is 3. The Balaban J connectivity index is 1.45. The Kier molecular flexibility index (Phi) is 5.12. The summed E-state index contributed by atoms with van der Waals surface area (Å²) in [6.45, 7) is 3.54. The second-order valence-corrected chi connectivity index (χ2v) is 6.17. The van der Waals surface area contributed by atoms with E-state index in [1.54, 1.807) is 11.0 Å². The number of hydrogen-bond donors (Lipinski definition) is 2. The molecule has 2 amide bonds. The molecule has 1 saturated heterocycles. The SMILES string of the molecule is CCOC(=O)N1CCC(Nc2ccc(NC(=O)C3CC3)nn2)CC1. The number of likely N-dealkylation sites (tertiary alicyclic amines) is 1. The fraction of sp³-hybridized carbons (Fsp3) is 0.625. The summed E-state index contributed by atoms with van der Waals surface area (Å²) >= 11 is 0. The monoisotopic (exact) mass is 333 g/mol. The number of carbonyl (C=O) groups excluding carboxylic acids is 2. The Morgan fingerprint density at radius 3 is 2.42 bits per heavy atom. The van der Waals surface area contributed by atoms with Crippen molar-refractivity contribution in [3.63, 3.8) is 0 Å². The van der Waals surface area contributed by atoms with Crippen LogP contribution >= 0.6 is 0 Å². The van der Waals surface area contributed by atoms with Gasteiger partial charge in [0, 0.05) is 25.0 Å². The third-order valence-electron chi connectivity index (χ3n) is 4.24. The van der Waals surface area contributed by atoms with Gasteiger partial charge in [0.25, 0.3) is 0 Å². The van der Waals surface area contributed by atoms with Gasteiger partial charge < -0.3 is 20.3 Å². The minimum Gasteiger partial charge on any atom is -0.450 e. The van der Waals surface area contributed by atoms with E-state index in [0.717, 1.165) is 25.7 Å². The predicted molar refractivity (Wildman–Crippen MR) is 88.6 cm³/mol. The van der Waals surface area contributed by atoms with Gasteiger partial charge in [0.1, 0.15) is 5.82 Å². The van der Waals surface area contributed by atoms with Crippen molar-refractivity contribution in [2.75, 3.05) is 30.3 Å². The molecule has 130 valence electrons. The first-order valence-corrected chi connectivity index (χ1v) is 8.48. The molecule has 2 N–H and O–H groups in total. The lowest BCUT2D eigenvalue weighted by molar-refractivity contribution is -0.117. The molecule has 1 aliphatic carbocycles. The van der Waals surface area contributed by atoms with E-state index >= 15 is 0 Å². The molecule has 1 aromatic rings. The number of hydrogen-bond acceptors (Lipinski definition) is 6. The van der Waals surface area contributed by atoms with Gasteiger partial charge in [-0.15, -0.1) is 10.2 Å². The van der Waals surface area contributed by atoms with Gasteiger partial charge in [-0.05, 0) is 44.7 Å². The highest BCUT2D eigenvalue weighted by atomic mass is 16.6.